The van der Waals surface area contributed by atoms with Crippen molar-refractivity contribution in [2.24, 2.45) is 0 Å². The Bertz CT molecular complexity index is 1300. The number of hydrogen-bond acceptors (Lipinski definition) is 4. The number of phenolic OH excluding ortho intramolecular Hbond substituents is 1. The van der Waals surface area contributed by atoms with E-state index in [1.807, 2.05) is 0 Å². The number of carbonyl (C=O) groups is 2. The number of halogens is 4. The van der Waals surface area contributed by atoms with Crippen molar-refractivity contribution >= 4 is 17.1 Å². The molecule has 2 aliphatic carbocycles. The molecule has 0 aliphatic heterocycles. The molecule has 5 rings (SSSR count). The molecule has 4 nitrogen and oxygen atoms in total. The van der Waals surface area contributed by atoms with Gasteiger partial charge in [-0.1, -0.05) is 18.2 Å². The Morgan fingerprint density at radius 1 is 0.690 bits per heavy atom. The molecule has 8 heteroatoms. The molecule has 0 saturated carbocycles. The first-order valence-corrected chi connectivity index (χ1v) is 8.32. The summed E-state index contributed by atoms with van der Waals surface area (Å²) in [6, 6.07) is 7.36. The van der Waals surface area contributed by atoms with E-state index in [1.165, 1.54) is 36.5 Å². The van der Waals surface area contributed by atoms with Crippen LogP contribution in [0.3, 0.4) is 0 Å². The second-order valence-corrected chi connectivity index (χ2v) is 6.51. The number of phenols is 1. The topological polar surface area (TPSA) is 67.3 Å². The van der Waals surface area contributed by atoms with Gasteiger partial charge < -0.3 is 5.11 Å². The zero-order chi connectivity index (χ0) is 20.6. The van der Waals surface area contributed by atoms with Gasteiger partial charge in [-0.05, 0) is 17.7 Å². The fourth-order valence-electron chi connectivity index (χ4n) is 3.86. The number of rotatable bonds is 0. The van der Waals surface area contributed by atoms with Crippen LogP contribution in [0, 0.1) is 23.3 Å². The number of pyridine rings is 1. The quantitative estimate of drug-likeness (QED) is 0.159. The average Bonchev–Trinajstić information content (AvgIpc) is 3.17. The largest absolute Gasteiger partial charge is 0.507 e. The minimum Gasteiger partial charge on any atom is -0.507 e. The number of ketones is 2. The van der Waals surface area contributed by atoms with Crippen LogP contribution in [0.5, 0.6) is 5.75 Å². The minimum atomic E-state index is -2.17. The smallest absolute Gasteiger partial charge is 0.201 e. The molecule has 29 heavy (non-hydrogen) atoms. The van der Waals surface area contributed by atoms with E-state index < -0.39 is 51.5 Å². The summed E-state index contributed by atoms with van der Waals surface area (Å²) in [7, 11) is 0. The molecule has 0 spiro atoms. The van der Waals surface area contributed by atoms with Crippen molar-refractivity contribution in [1.82, 2.24) is 4.98 Å². The summed E-state index contributed by atoms with van der Waals surface area (Å²) in [4.78, 5) is 29.9. The molecule has 142 valence electrons. The number of hydrogen-bond donors (Lipinski definition) is 1. The Labute approximate surface area is 159 Å². The fraction of sp³-hybridized carbons (Fsp3) is 0. The Hall–Kier alpha value is -3.81. The summed E-state index contributed by atoms with van der Waals surface area (Å²) < 4.78 is 55.8. The first-order valence-electron chi connectivity index (χ1n) is 8.32. The highest BCUT2D eigenvalue weighted by atomic mass is 19.2. The third kappa shape index (κ3) is 2.00. The van der Waals surface area contributed by atoms with Gasteiger partial charge in [-0.25, -0.2) is 17.6 Å². The van der Waals surface area contributed by atoms with E-state index >= 15 is 0 Å². The van der Waals surface area contributed by atoms with E-state index in [0.717, 1.165) is 0 Å². The lowest BCUT2D eigenvalue weighted by molar-refractivity contribution is 0.0988. The highest BCUT2D eigenvalue weighted by Gasteiger charge is 2.45. The van der Waals surface area contributed by atoms with E-state index in [1.54, 1.807) is 0 Å². The molecule has 0 bridgehead atoms. The maximum Gasteiger partial charge on any atom is 0.201 e. The summed E-state index contributed by atoms with van der Waals surface area (Å²) in [6.45, 7) is 0. The second-order valence-electron chi connectivity index (χ2n) is 6.51. The summed E-state index contributed by atoms with van der Waals surface area (Å²) >= 11 is 0. The maximum absolute atomic E-state index is 14.3. The van der Waals surface area contributed by atoms with Gasteiger partial charge >= 0.3 is 0 Å². The third-order valence-electron chi connectivity index (χ3n) is 5.05. The van der Waals surface area contributed by atoms with Crippen LogP contribution < -0.4 is 0 Å². The maximum atomic E-state index is 14.3. The molecule has 0 atom stereocenters. The minimum absolute atomic E-state index is 0.00943. The number of benzene rings is 2. The highest BCUT2D eigenvalue weighted by Crippen LogP contribution is 2.50. The van der Waals surface area contributed by atoms with E-state index in [9.17, 15) is 32.3 Å². The molecule has 0 fully saturated rings. The van der Waals surface area contributed by atoms with Crippen molar-refractivity contribution in [3.8, 4) is 17.0 Å². The molecular formula is C21H7F4NO3. The average molecular weight is 397 g/mol. The monoisotopic (exact) mass is 397 g/mol. The van der Waals surface area contributed by atoms with Gasteiger partial charge in [-0.15, -0.1) is 0 Å². The number of aromatic hydroxyl groups is 1. The van der Waals surface area contributed by atoms with Crippen molar-refractivity contribution in [2.45, 2.75) is 0 Å². The number of carbonyl (C=O) groups excluding carboxylic acids is 2. The Kier molecular flexibility index (Phi) is 3.34. The fourth-order valence-corrected chi connectivity index (χ4v) is 3.86. The second kappa shape index (κ2) is 5.60. The molecule has 2 aliphatic rings. The highest BCUT2D eigenvalue weighted by molar-refractivity contribution is 6.44. The Morgan fingerprint density at radius 2 is 1.28 bits per heavy atom. The third-order valence-corrected chi connectivity index (χ3v) is 5.05. The van der Waals surface area contributed by atoms with Gasteiger partial charge in [0.15, 0.2) is 23.3 Å². The number of nitrogens with zero attached hydrogens (tertiary/aromatic N) is 1. The summed E-state index contributed by atoms with van der Waals surface area (Å²) in [5.41, 5.74) is -1.93. The van der Waals surface area contributed by atoms with Gasteiger partial charge in [0.25, 0.3) is 0 Å². The first-order chi connectivity index (χ1) is 13.8. The van der Waals surface area contributed by atoms with Crippen molar-refractivity contribution < 1.29 is 32.3 Å². The normalized spacial score (nSPS) is 14.3. The molecule has 0 saturated heterocycles. The van der Waals surface area contributed by atoms with Crippen LogP contribution in [0.1, 0.15) is 31.8 Å². The summed E-state index contributed by atoms with van der Waals surface area (Å²) in [5, 5.41) is 10.3. The van der Waals surface area contributed by atoms with Crippen LogP contribution in [0.15, 0.2) is 42.1 Å². The molecular weight excluding hydrogens is 390 g/mol. The molecule has 1 heterocycles. The SMILES string of the molecule is O=C1C(=C2c3cccnc3-c3c(O)cccc32)C(=O)c2c(F)c(F)c(F)c(F)c21. The molecule has 1 aromatic heterocycles. The predicted molar refractivity (Wildman–Crippen MR) is 92.3 cm³/mol. The van der Waals surface area contributed by atoms with Crippen molar-refractivity contribution in [3.05, 3.63) is 87.6 Å². The lowest BCUT2D eigenvalue weighted by Crippen LogP contribution is -2.07. The van der Waals surface area contributed by atoms with Crippen LogP contribution >= 0.6 is 0 Å². The Balaban J connectivity index is 1.91. The number of aromatic nitrogens is 1. The Morgan fingerprint density at radius 3 is 1.90 bits per heavy atom. The van der Waals surface area contributed by atoms with Gasteiger partial charge in [0, 0.05) is 17.3 Å². The molecule has 0 radical (unpaired) electrons. The lowest BCUT2D eigenvalue weighted by atomic mass is 9.95. The van der Waals surface area contributed by atoms with Crippen molar-refractivity contribution in [2.75, 3.05) is 0 Å². The van der Waals surface area contributed by atoms with Gasteiger partial charge in [-0.3, -0.25) is 14.6 Å². The summed E-state index contributed by atoms with van der Waals surface area (Å²) in [6.07, 6.45) is 1.43. The first kappa shape index (κ1) is 17.3. The summed E-state index contributed by atoms with van der Waals surface area (Å²) in [5.74, 6) is -10.9. The molecule has 3 aromatic rings. The van der Waals surface area contributed by atoms with Gasteiger partial charge in [0.1, 0.15) is 5.75 Å². The predicted octanol–water partition coefficient (Wildman–Crippen LogP) is 4.21. The lowest BCUT2D eigenvalue weighted by Gasteiger charge is -2.06. The van der Waals surface area contributed by atoms with E-state index in [4.69, 9.17) is 0 Å². The zero-order valence-electron chi connectivity index (χ0n) is 14.2. The number of allylic oxidation sites excluding steroid dienone is 1. The van der Waals surface area contributed by atoms with Gasteiger partial charge in [-0.2, -0.15) is 0 Å². The number of fused-ring (bicyclic) bond motifs is 4. The van der Waals surface area contributed by atoms with Gasteiger partial charge in [0.2, 0.25) is 11.6 Å². The van der Waals surface area contributed by atoms with Crippen LogP contribution in [0.4, 0.5) is 17.6 Å². The van der Waals surface area contributed by atoms with E-state index in [2.05, 4.69) is 4.98 Å². The molecule has 1 N–H and O–H groups in total. The van der Waals surface area contributed by atoms with Crippen molar-refractivity contribution in [1.29, 1.82) is 0 Å². The van der Waals surface area contributed by atoms with Crippen molar-refractivity contribution in [3.63, 3.8) is 0 Å². The molecule has 0 unspecified atom stereocenters. The van der Waals surface area contributed by atoms with Gasteiger partial charge in [0.05, 0.1) is 28.0 Å². The molecule has 0 amide bonds. The number of Topliss-reactive ketones (excluding diaryl/α,β-unsaturated/α-hetero) is 2. The standard InChI is InChI=1S/C21H7F4NO3/c22-15-12-13(16(23)18(25)17(15)24)21(29)14(20(12)28)10-7-3-1-5-9(27)11(7)19-8(10)4-2-6-26-19/h1-6,27H. The van der Waals surface area contributed by atoms with Crippen LogP contribution in [0.25, 0.3) is 16.8 Å². The van der Waals surface area contributed by atoms with E-state index in [-0.39, 0.29) is 33.7 Å². The van der Waals surface area contributed by atoms with Crippen LogP contribution in [-0.2, 0) is 0 Å². The van der Waals surface area contributed by atoms with Crippen LogP contribution in [-0.4, -0.2) is 21.7 Å². The molecule has 2 aromatic carbocycles. The zero-order valence-corrected chi connectivity index (χ0v) is 14.2. The van der Waals surface area contributed by atoms with Crippen LogP contribution in [0.2, 0.25) is 0 Å². The van der Waals surface area contributed by atoms with E-state index in [0.29, 0.717) is 0 Å².